The Morgan fingerprint density at radius 1 is 1.06 bits per heavy atom. The zero-order valence-corrected chi connectivity index (χ0v) is 21.5. The second-order valence-corrected chi connectivity index (χ2v) is 9.54. The summed E-state index contributed by atoms with van der Waals surface area (Å²) in [5.41, 5.74) is 5.62. The average Bonchev–Trinajstić information content (AvgIpc) is 3.47. The van der Waals surface area contributed by atoms with Gasteiger partial charge in [-0.25, -0.2) is 9.97 Å². The highest BCUT2D eigenvalue weighted by molar-refractivity contribution is 6.30. The van der Waals surface area contributed by atoms with E-state index >= 15 is 0 Å². The maximum atomic E-state index is 6.20. The summed E-state index contributed by atoms with van der Waals surface area (Å²) in [6.07, 6.45) is 3.81. The molecule has 0 amide bonds. The third-order valence-corrected chi connectivity index (χ3v) is 6.27. The molecule has 184 valence electrons. The predicted molar refractivity (Wildman–Crippen MR) is 143 cm³/mol. The Labute approximate surface area is 214 Å². The molecule has 2 aromatic carbocycles. The first-order chi connectivity index (χ1) is 17.4. The van der Waals surface area contributed by atoms with Crippen LogP contribution in [0.2, 0.25) is 5.02 Å². The highest BCUT2D eigenvalue weighted by atomic mass is 35.5. The quantitative estimate of drug-likeness (QED) is 0.296. The van der Waals surface area contributed by atoms with E-state index in [2.05, 4.69) is 26.5 Å². The van der Waals surface area contributed by atoms with Crippen molar-refractivity contribution in [2.75, 3.05) is 26.0 Å². The van der Waals surface area contributed by atoms with Crippen LogP contribution in [0.3, 0.4) is 0 Å². The van der Waals surface area contributed by atoms with Crippen LogP contribution in [0.5, 0.6) is 0 Å². The summed E-state index contributed by atoms with van der Waals surface area (Å²) in [5, 5.41) is 13.7. The molecule has 0 saturated carbocycles. The molecule has 0 atom stereocenters. The molecule has 8 nitrogen and oxygen atoms in total. The minimum absolute atomic E-state index is 0.573. The molecule has 0 spiro atoms. The van der Waals surface area contributed by atoms with Crippen LogP contribution in [0.1, 0.15) is 17.0 Å². The summed E-state index contributed by atoms with van der Waals surface area (Å²) in [6.45, 7) is 6.13. The van der Waals surface area contributed by atoms with Gasteiger partial charge in [0.25, 0.3) is 0 Å². The molecule has 0 fully saturated rings. The van der Waals surface area contributed by atoms with Crippen LogP contribution in [0.25, 0.3) is 33.4 Å². The highest BCUT2D eigenvalue weighted by Crippen LogP contribution is 2.32. The Bertz CT molecular complexity index is 1500. The first-order valence-corrected chi connectivity index (χ1v) is 12.2. The van der Waals surface area contributed by atoms with Gasteiger partial charge in [0.2, 0.25) is 0 Å². The number of hydrogen-bond donors (Lipinski definition) is 1. The van der Waals surface area contributed by atoms with Gasteiger partial charge in [0.05, 0.1) is 29.5 Å². The number of fused-ring (bicyclic) bond motifs is 1. The van der Waals surface area contributed by atoms with Crippen molar-refractivity contribution in [1.82, 2.24) is 29.8 Å². The van der Waals surface area contributed by atoms with E-state index in [1.165, 1.54) is 0 Å². The molecule has 0 saturated heterocycles. The SMILES string of the molecule is Cc1noc(C)c1-c1ccc2nc(-c3cnn(CCN(C)C)c3)nc(NCc3cccc(Cl)c3)c2c1. The van der Waals surface area contributed by atoms with Crippen molar-refractivity contribution < 1.29 is 4.52 Å². The van der Waals surface area contributed by atoms with Crippen LogP contribution in [-0.2, 0) is 13.1 Å². The standard InChI is InChI=1S/C27H28ClN7O/c1-17-25(18(2)36-33-17)20-8-9-24-23(13-20)27(29-14-19-6-5-7-22(28)12-19)32-26(31-24)21-15-30-35(16-21)11-10-34(3)4/h5-9,12-13,15-16H,10-11,14H2,1-4H3,(H,29,31,32). The number of hydrogen-bond acceptors (Lipinski definition) is 7. The second kappa shape index (κ2) is 10.1. The van der Waals surface area contributed by atoms with Gasteiger partial charge in [0.15, 0.2) is 5.82 Å². The van der Waals surface area contributed by atoms with E-state index in [9.17, 15) is 0 Å². The van der Waals surface area contributed by atoms with Gasteiger partial charge in [0, 0.05) is 35.3 Å². The lowest BCUT2D eigenvalue weighted by Crippen LogP contribution is -2.18. The Balaban J connectivity index is 1.56. The number of rotatable bonds is 8. The normalized spacial score (nSPS) is 11.5. The first-order valence-electron chi connectivity index (χ1n) is 11.8. The van der Waals surface area contributed by atoms with Gasteiger partial charge in [-0.15, -0.1) is 0 Å². The van der Waals surface area contributed by atoms with Crippen LogP contribution in [0.15, 0.2) is 59.4 Å². The summed E-state index contributed by atoms with van der Waals surface area (Å²) in [5.74, 6) is 2.14. The van der Waals surface area contributed by atoms with Crippen LogP contribution in [0, 0.1) is 13.8 Å². The third kappa shape index (κ3) is 5.10. The van der Waals surface area contributed by atoms with Crippen molar-refractivity contribution >= 4 is 28.3 Å². The van der Waals surface area contributed by atoms with E-state index in [1.54, 1.807) is 0 Å². The van der Waals surface area contributed by atoms with Crippen molar-refractivity contribution in [2.24, 2.45) is 0 Å². The maximum Gasteiger partial charge on any atom is 0.165 e. The molecule has 0 aliphatic rings. The lowest BCUT2D eigenvalue weighted by molar-refractivity contribution is 0.373. The number of likely N-dealkylation sites (N-methyl/N-ethyl adjacent to an activating group) is 1. The van der Waals surface area contributed by atoms with Gasteiger partial charge < -0.3 is 14.7 Å². The topological polar surface area (TPSA) is 84.9 Å². The molecule has 0 bridgehead atoms. The van der Waals surface area contributed by atoms with Gasteiger partial charge in [-0.2, -0.15) is 5.10 Å². The Morgan fingerprint density at radius 3 is 2.67 bits per heavy atom. The second-order valence-electron chi connectivity index (χ2n) is 9.11. The molecule has 5 rings (SSSR count). The molecule has 0 unspecified atom stereocenters. The minimum atomic E-state index is 0.573. The lowest BCUT2D eigenvalue weighted by atomic mass is 10.0. The predicted octanol–water partition coefficient (Wildman–Crippen LogP) is 5.59. The van der Waals surface area contributed by atoms with Crippen LogP contribution in [0.4, 0.5) is 5.82 Å². The Morgan fingerprint density at radius 2 is 1.92 bits per heavy atom. The monoisotopic (exact) mass is 501 g/mol. The summed E-state index contributed by atoms with van der Waals surface area (Å²) >= 11 is 6.20. The third-order valence-electron chi connectivity index (χ3n) is 6.03. The van der Waals surface area contributed by atoms with Crippen molar-refractivity contribution in [1.29, 1.82) is 0 Å². The molecule has 36 heavy (non-hydrogen) atoms. The molecule has 1 N–H and O–H groups in total. The lowest BCUT2D eigenvalue weighted by Gasteiger charge is -2.12. The first kappa shape index (κ1) is 24.0. The minimum Gasteiger partial charge on any atom is -0.365 e. The van der Waals surface area contributed by atoms with Crippen molar-refractivity contribution in [3.05, 3.63) is 76.9 Å². The van der Waals surface area contributed by atoms with E-state index < -0.39 is 0 Å². The van der Waals surface area contributed by atoms with E-state index in [0.717, 1.165) is 63.5 Å². The smallest absolute Gasteiger partial charge is 0.165 e. The highest BCUT2D eigenvalue weighted by Gasteiger charge is 2.16. The van der Waals surface area contributed by atoms with Crippen molar-refractivity contribution in [3.8, 4) is 22.5 Å². The molecule has 3 aromatic heterocycles. The fraction of sp³-hybridized carbons (Fsp3) is 0.259. The van der Waals surface area contributed by atoms with Crippen molar-refractivity contribution in [3.63, 3.8) is 0 Å². The zero-order valence-electron chi connectivity index (χ0n) is 20.8. The number of halogens is 1. The maximum absolute atomic E-state index is 6.20. The molecule has 3 heterocycles. The molecule has 0 radical (unpaired) electrons. The number of anilines is 1. The van der Waals surface area contributed by atoms with Gasteiger partial charge in [-0.05, 0) is 63.3 Å². The van der Waals surface area contributed by atoms with E-state index in [-0.39, 0.29) is 0 Å². The zero-order chi connectivity index (χ0) is 25.2. The van der Waals surface area contributed by atoms with E-state index in [4.69, 9.17) is 26.1 Å². The fourth-order valence-corrected chi connectivity index (χ4v) is 4.39. The van der Waals surface area contributed by atoms with Crippen LogP contribution >= 0.6 is 11.6 Å². The molecule has 0 aliphatic heterocycles. The van der Waals surface area contributed by atoms with Gasteiger partial charge in [-0.3, -0.25) is 4.68 Å². The van der Waals surface area contributed by atoms with E-state index in [1.807, 2.05) is 81.4 Å². The largest absolute Gasteiger partial charge is 0.365 e. The van der Waals surface area contributed by atoms with Crippen LogP contribution < -0.4 is 5.32 Å². The number of nitrogens with one attached hydrogen (secondary N) is 1. The number of aromatic nitrogens is 5. The number of aryl methyl sites for hydroxylation is 2. The molecule has 9 heteroatoms. The summed E-state index contributed by atoms with van der Waals surface area (Å²) in [4.78, 5) is 11.9. The average molecular weight is 502 g/mol. The molecule has 0 aliphatic carbocycles. The van der Waals surface area contributed by atoms with Gasteiger partial charge in [0.1, 0.15) is 11.6 Å². The number of nitrogens with zero attached hydrogens (tertiary/aromatic N) is 6. The van der Waals surface area contributed by atoms with Crippen molar-refractivity contribution in [2.45, 2.75) is 26.9 Å². The molecular formula is C27H28ClN7O. The number of benzene rings is 2. The van der Waals surface area contributed by atoms with E-state index in [0.29, 0.717) is 17.4 Å². The summed E-state index contributed by atoms with van der Waals surface area (Å²) in [6, 6.07) is 14.0. The summed E-state index contributed by atoms with van der Waals surface area (Å²) < 4.78 is 7.32. The molecular weight excluding hydrogens is 474 g/mol. The molecule has 5 aromatic rings. The Kier molecular flexibility index (Phi) is 6.71. The van der Waals surface area contributed by atoms with Gasteiger partial charge in [-0.1, -0.05) is 35.0 Å². The summed E-state index contributed by atoms with van der Waals surface area (Å²) in [7, 11) is 4.09. The van der Waals surface area contributed by atoms with Crippen LogP contribution in [-0.4, -0.2) is 50.4 Å². The van der Waals surface area contributed by atoms with Gasteiger partial charge >= 0.3 is 0 Å². The fourth-order valence-electron chi connectivity index (χ4n) is 4.18. The Hall–Kier alpha value is -3.75.